The van der Waals surface area contributed by atoms with Crippen molar-refractivity contribution in [3.8, 4) is 17.3 Å². The van der Waals surface area contributed by atoms with Gasteiger partial charge in [-0.25, -0.2) is 4.68 Å². The van der Waals surface area contributed by atoms with Crippen LogP contribution in [-0.4, -0.2) is 64.4 Å². The predicted molar refractivity (Wildman–Crippen MR) is 141 cm³/mol. The summed E-state index contributed by atoms with van der Waals surface area (Å²) in [6.07, 6.45) is 2.52. The predicted octanol–water partition coefficient (Wildman–Crippen LogP) is 4.99. The molecule has 1 aliphatic heterocycles. The Kier molecular flexibility index (Phi) is 9.53. The molecule has 194 valence electrons. The first-order valence-electron chi connectivity index (χ1n) is 13.1. The van der Waals surface area contributed by atoms with Gasteiger partial charge in [0, 0.05) is 26.2 Å². The fourth-order valence-electron chi connectivity index (χ4n) is 4.53. The number of para-hydroxylation sites is 2. The van der Waals surface area contributed by atoms with E-state index in [1.807, 2.05) is 79.2 Å². The molecule has 0 radical (unpaired) electrons. The summed E-state index contributed by atoms with van der Waals surface area (Å²) in [5.41, 5.74) is 2.95. The quantitative estimate of drug-likeness (QED) is 0.362. The molecule has 1 fully saturated rings. The number of benzene rings is 2. The van der Waals surface area contributed by atoms with E-state index < -0.39 is 6.10 Å². The largest absolute Gasteiger partial charge is 0.439 e. The molecule has 0 saturated carbocycles. The van der Waals surface area contributed by atoms with E-state index >= 15 is 0 Å². The lowest BCUT2D eigenvalue weighted by molar-refractivity contribution is -0.0173. The first-order chi connectivity index (χ1) is 17.5. The van der Waals surface area contributed by atoms with Gasteiger partial charge >= 0.3 is 0 Å². The van der Waals surface area contributed by atoms with Crippen LogP contribution in [-0.2, 0) is 22.4 Å². The molecule has 1 N–H and O–H groups in total. The van der Waals surface area contributed by atoms with Crippen LogP contribution in [0, 0.1) is 0 Å². The number of nitrogens with zero attached hydrogens (tertiary/aromatic N) is 3. The summed E-state index contributed by atoms with van der Waals surface area (Å²) in [6, 6.07) is 19.9. The normalized spacial score (nSPS) is 16.7. The molecule has 0 amide bonds. The topological polar surface area (TPSA) is 69.0 Å². The summed E-state index contributed by atoms with van der Waals surface area (Å²) in [7, 11) is 0. The average molecular weight is 494 g/mol. The fourth-order valence-corrected chi connectivity index (χ4v) is 4.53. The van der Waals surface area contributed by atoms with Crippen LogP contribution in [0.15, 0.2) is 60.7 Å². The van der Waals surface area contributed by atoms with Crippen molar-refractivity contribution in [2.24, 2.45) is 0 Å². The molecule has 7 heteroatoms. The minimum Gasteiger partial charge on any atom is -0.439 e. The molecule has 1 aliphatic rings. The van der Waals surface area contributed by atoms with E-state index in [1.165, 1.54) is 0 Å². The third kappa shape index (κ3) is 7.17. The standard InChI is InChI=1S/C29H39N3O4/c1-4-28-27(20-31(19-26-16-11-17-34-26)18-24(33)21-35-22(2)3)29(36-25-14-9-6-10-15-25)32(30-28)23-12-7-5-8-13-23/h5-10,12-15,22,24,26,33H,4,11,16-21H2,1-3H3. The van der Waals surface area contributed by atoms with Gasteiger partial charge in [-0.15, -0.1) is 0 Å². The van der Waals surface area contributed by atoms with E-state index in [4.69, 9.17) is 19.3 Å². The first kappa shape index (κ1) is 26.4. The maximum absolute atomic E-state index is 10.8. The Hall–Kier alpha value is -2.71. The van der Waals surface area contributed by atoms with Crippen LogP contribution < -0.4 is 4.74 Å². The van der Waals surface area contributed by atoms with E-state index in [9.17, 15) is 5.11 Å². The highest BCUT2D eigenvalue weighted by atomic mass is 16.5. The lowest BCUT2D eigenvalue weighted by Gasteiger charge is -2.28. The molecule has 36 heavy (non-hydrogen) atoms. The lowest BCUT2D eigenvalue weighted by Crippen LogP contribution is -2.39. The van der Waals surface area contributed by atoms with E-state index in [0.29, 0.717) is 25.6 Å². The SMILES string of the molecule is CCc1nn(-c2ccccc2)c(Oc2ccccc2)c1CN(CC(O)COC(C)C)CC1CCCO1. The third-order valence-electron chi connectivity index (χ3n) is 6.27. The van der Waals surface area contributed by atoms with Gasteiger partial charge in [-0.05, 0) is 57.4 Å². The van der Waals surface area contributed by atoms with Crippen LogP contribution in [0.5, 0.6) is 11.6 Å². The van der Waals surface area contributed by atoms with Gasteiger partial charge in [0.25, 0.3) is 0 Å². The molecule has 2 unspecified atom stereocenters. The van der Waals surface area contributed by atoms with Crippen LogP contribution in [0.3, 0.4) is 0 Å². The van der Waals surface area contributed by atoms with Crippen LogP contribution >= 0.6 is 0 Å². The molecule has 0 bridgehead atoms. The highest BCUT2D eigenvalue weighted by Gasteiger charge is 2.26. The van der Waals surface area contributed by atoms with Crippen molar-refractivity contribution in [1.29, 1.82) is 0 Å². The zero-order chi connectivity index (χ0) is 25.3. The molecule has 0 aliphatic carbocycles. The van der Waals surface area contributed by atoms with E-state index in [0.717, 1.165) is 55.1 Å². The number of hydrogen-bond donors (Lipinski definition) is 1. The minimum atomic E-state index is -0.596. The summed E-state index contributed by atoms with van der Waals surface area (Å²) < 4.78 is 20.0. The van der Waals surface area contributed by atoms with Crippen molar-refractivity contribution in [1.82, 2.24) is 14.7 Å². The monoisotopic (exact) mass is 493 g/mol. The molecule has 1 aromatic heterocycles. The number of hydrogen-bond acceptors (Lipinski definition) is 6. The van der Waals surface area contributed by atoms with Gasteiger partial charge in [0.2, 0.25) is 5.88 Å². The Morgan fingerprint density at radius 2 is 1.83 bits per heavy atom. The van der Waals surface area contributed by atoms with Gasteiger partial charge < -0.3 is 19.3 Å². The van der Waals surface area contributed by atoms with Crippen LogP contribution in [0.2, 0.25) is 0 Å². The van der Waals surface area contributed by atoms with Crippen LogP contribution in [0.4, 0.5) is 0 Å². The zero-order valence-electron chi connectivity index (χ0n) is 21.7. The Morgan fingerprint density at radius 3 is 2.47 bits per heavy atom. The molecule has 0 spiro atoms. The Morgan fingerprint density at radius 1 is 1.11 bits per heavy atom. The summed E-state index contributed by atoms with van der Waals surface area (Å²) >= 11 is 0. The minimum absolute atomic E-state index is 0.0768. The number of aryl methyl sites for hydroxylation is 1. The summed E-state index contributed by atoms with van der Waals surface area (Å²) in [6.45, 7) is 8.99. The van der Waals surface area contributed by atoms with Crippen molar-refractivity contribution in [2.45, 2.75) is 64.9 Å². The number of aromatic nitrogens is 2. The van der Waals surface area contributed by atoms with E-state index in [2.05, 4.69) is 11.8 Å². The molecular formula is C29H39N3O4. The highest BCUT2D eigenvalue weighted by Crippen LogP contribution is 2.32. The molecule has 1 saturated heterocycles. The highest BCUT2D eigenvalue weighted by molar-refractivity contribution is 5.43. The van der Waals surface area contributed by atoms with Crippen molar-refractivity contribution in [2.75, 3.05) is 26.3 Å². The molecule has 3 aromatic rings. The van der Waals surface area contributed by atoms with Crippen LogP contribution in [0.25, 0.3) is 5.69 Å². The second-order valence-electron chi connectivity index (χ2n) is 9.61. The average Bonchev–Trinajstić information content (AvgIpc) is 3.52. The lowest BCUT2D eigenvalue weighted by atomic mass is 10.1. The van der Waals surface area contributed by atoms with Crippen molar-refractivity contribution in [3.63, 3.8) is 0 Å². The zero-order valence-corrected chi connectivity index (χ0v) is 21.7. The van der Waals surface area contributed by atoms with E-state index in [-0.39, 0.29) is 12.2 Å². The van der Waals surface area contributed by atoms with E-state index in [1.54, 1.807) is 0 Å². The van der Waals surface area contributed by atoms with Gasteiger partial charge in [-0.1, -0.05) is 43.3 Å². The van der Waals surface area contributed by atoms with Gasteiger partial charge in [-0.3, -0.25) is 4.90 Å². The summed E-state index contributed by atoms with van der Waals surface area (Å²) in [4.78, 5) is 2.26. The fraction of sp³-hybridized carbons (Fsp3) is 0.483. The molecule has 2 atom stereocenters. The van der Waals surface area contributed by atoms with Gasteiger partial charge in [0.1, 0.15) is 5.75 Å². The number of aliphatic hydroxyl groups is 1. The van der Waals surface area contributed by atoms with Crippen molar-refractivity contribution >= 4 is 0 Å². The summed E-state index contributed by atoms with van der Waals surface area (Å²) in [5.74, 6) is 1.46. The maximum atomic E-state index is 10.8. The first-order valence-corrected chi connectivity index (χ1v) is 13.1. The molecule has 4 rings (SSSR count). The molecule has 2 heterocycles. The Balaban J connectivity index is 1.66. The second-order valence-corrected chi connectivity index (χ2v) is 9.61. The second kappa shape index (κ2) is 13.0. The Labute approximate surface area is 214 Å². The van der Waals surface area contributed by atoms with Gasteiger partial charge in [0.05, 0.1) is 41.9 Å². The smallest absolute Gasteiger partial charge is 0.227 e. The van der Waals surface area contributed by atoms with Gasteiger partial charge in [-0.2, -0.15) is 5.10 Å². The molecule has 2 aromatic carbocycles. The molecular weight excluding hydrogens is 454 g/mol. The number of rotatable bonds is 13. The molecule has 7 nitrogen and oxygen atoms in total. The van der Waals surface area contributed by atoms with Crippen LogP contribution in [0.1, 0.15) is 44.9 Å². The number of ether oxygens (including phenoxy) is 3. The summed E-state index contributed by atoms with van der Waals surface area (Å²) in [5, 5.41) is 15.7. The maximum Gasteiger partial charge on any atom is 0.227 e. The Bertz CT molecular complexity index is 1050. The third-order valence-corrected chi connectivity index (χ3v) is 6.27. The van der Waals surface area contributed by atoms with Crippen molar-refractivity contribution < 1.29 is 19.3 Å². The van der Waals surface area contributed by atoms with Gasteiger partial charge in [0.15, 0.2) is 0 Å². The number of aliphatic hydroxyl groups excluding tert-OH is 1. The van der Waals surface area contributed by atoms with Crippen molar-refractivity contribution in [3.05, 3.63) is 71.9 Å².